The number of amides is 1. The third kappa shape index (κ3) is 5.16. The van der Waals surface area contributed by atoms with E-state index in [1.165, 1.54) is 12.1 Å². The molecule has 0 saturated heterocycles. The van der Waals surface area contributed by atoms with Crippen LogP contribution in [0, 0.1) is 11.3 Å². The molecule has 0 fully saturated rings. The molecule has 0 aliphatic rings. The predicted octanol–water partition coefficient (Wildman–Crippen LogP) is 2.63. The normalized spacial score (nSPS) is 10.8. The van der Waals surface area contributed by atoms with Gasteiger partial charge in [-0.05, 0) is 42.5 Å². The van der Waals surface area contributed by atoms with Gasteiger partial charge in [-0.15, -0.1) is 0 Å². The number of carbonyl (C=O) groups excluding carboxylic acids is 1. The Morgan fingerprint density at radius 1 is 1.17 bits per heavy atom. The van der Waals surface area contributed by atoms with Crippen LogP contribution in [-0.2, 0) is 14.8 Å². The second kappa shape index (κ2) is 8.06. The highest BCUT2D eigenvalue weighted by atomic mass is 79.9. The molecule has 0 spiro atoms. The first kappa shape index (κ1) is 18.1. The van der Waals surface area contributed by atoms with E-state index in [1.54, 1.807) is 36.4 Å². The van der Waals surface area contributed by atoms with E-state index < -0.39 is 10.0 Å². The minimum absolute atomic E-state index is 0.0213. The lowest BCUT2D eigenvalue weighted by atomic mass is 10.2. The first-order chi connectivity index (χ1) is 11.4. The summed E-state index contributed by atoms with van der Waals surface area (Å²) < 4.78 is 27.3. The Kier molecular flexibility index (Phi) is 6.09. The number of sulfonamides is 1. The fourth-order valence-electron chi connectivity index (χ4n) is 1.89. The van der Waals surface area contributed by atoms with Crippen molar-refractivity contribution in [1.29, 1.82) is 5.26 Å². The topological polar surface area (TPSA) is 99.1 Å². The van der Waals surface area contributed by atoms with E-state index in [2.05, 4.69) is 26.0 Å². The molecule has 124 valence electrons. The van der Waals surface area contributed by atoms with Gasteiger partial charge in [-0.3, -0.25) is 4.79 Å². The third-order valence-corrected chi connectivity index (χ3v) is 5.05. The number of benzene rings is 2. The van der Waals surface area contributed by atoms with Gasteiger partial charge < -0.3 is 5.32 Å². The molecule has 2 aromatic rings. The maximum atomic E-state index is 12.1. The van der Waals surface area contributed by atoms with E-state index >= 15 is 0 Å². The highest BCUT2D eigenvalue weighted by Gasteiger charge is 2.14. The van der Waals surface area contributed by atoms with Crippen LogP contribution in [0.15, 0.2) is 57.9 Å². The average molecular weight is 408 g/mol. The second-order valence-corrected chi connectivity index (χ2v) is 7.53. The molecule has 8 heteroatoms. The molecule has 0 aliphatic carbocycles. The number of rotatable bonds is 6. The van der Waals surface area contributed by atoms with Crippen LogP contribution < -0.4 is 10.0 Å². The molecule has 6 nitrogen and oxygen atoms in total. The fraction of sp³-hybridized carbons (Fsp3) is 0.125. The molecule has 0 unspecified atom stereocenters. The Morgan fingerprint density at radius 2 is 1.88 bits per heavy atom. The van der Waals surface area contributed by atoms with Crippen LogP contribution in [0.2, 0.25) is 0 Å². The molecular formula is C16H14BrN3O3S. The number of nitrogens with one attached hydrogen (secondary N) is 2. The second-order valence-electron chi connectivity index (χ2n) is 4.84. The molecule has 0 radical (unpaired) electrons. The Hall–Kier alpha value is -2.21. The van der Waals surface area contributed by atoms with Crippen LogP contribution in [0.4, 0.5) is 5.69 Å². The van der Waals surface area contributed by atoms with Gasteiger partial charge >= 0.3 is 0 Å². The fourth-order valence-corrected chi connectivity index (χ4v) is 3.18. The van der Waals surface area contributed by atoms with Crippen molar-refractivity contribution >= 4 is 37.5 Å². The molecule has 2 aromatic carbocycles. The number of halogens is 1. The van der Waals surface area contributed by atoms with Crippen LogP contribution in [0.1, 0.15) is 12.0 Å². The Morgan fingerprint density at radius 3 is 2.54 bits per heavy atom. The van der Waals surface area contributed by atoms with E-state index in [-0.39, 0.29) is 23.8 Å². The molecule has 0 bridgehead atoms. The number of nitrogens with zero attached hydrogens (tertiary/aromatic N) is 1. The SMILES string of the molecule is N#Cc1cccc(NC(=O)CCNS(=O)(=O)c2ccc(Br)cc2)c1. The zero-order valence-electron chi connectivity index (χ0n) is 12.5. The average Bonchev–Trinajstić information content (AvgIpc) is 2.55. The number of anilines is 1. The van der Waals surface area contributed by atoms with Crippen molar-refractivity contribution in [3.8, 4) is 6.07 Å². The summed E-state index contributed by atoms with van der Waals surface area (Å²) in [6.45, 7) is -0.0256. The number of carbonyl (C=O) groups is 1. The van der Waals surface area contributed by atoms with Crippen LogP contribution in [0.25, 0.3) is 0 Å². The lowest BCUT2D eigenvalue weighted by Crippen LogP contribution is -2.27. The summed E-state index contributed by atoms with van der Waals surface area (Å²) in [5.41, 5.74) is 0.929. The van der Waals surface area contributed by atoms with Crippen molar-refractivity contribution < 1.29 is 13.2 Å². The largest absolute Gasteiger partial charge is 0.326 e. The van der Waals surface area contributed by atoms with Gasteiger partial charge in [0, 0.05) is 23.1 Å². The van der Waals surface area contributed by atoms with E-state index in [9.17, 15) is 13.2 Å². The molecule has 0 heterocycles. The van der Waals surface area contributed by atoms with Crippen LogP contribution >= 0.6 is 15.9 Å². The molecule has 0 saturated carbocycles. The van der Waals surface area contributed by atoms with E-state index in [0.717, 1.165) is 4.47 Å². The monoisotopic (exact) mass is 407 g/mol. The maximum Gasteiger partial charge on any atom is 0.240 e. The standard InChI is InChI=1S/C16H14BrN3O3S/c17-13-4-6-15(7-5-13)24(22,23)19-9-8-16(21)20-14-3-1-2-12(10-14)11-18/h1-7,10,19H,8-9H2,(H,20,21). The van der Waals surface area contributed by atoms with Crippen molar-refractivity contribution in [2.75, 3.05) is 11.9 Å². The molecule has 2 rings (SSSR count). The lowest BCUT2D eigenvalue weighted by molar-refractivity contribution is -0.116. The lowest BCUT2D eigenvalue weighted by Gasteiger charge is -2.08. The summed E-state index contributed by atoms with van der Waals surface area (Å²) in [4.78, 5) is 12.0. The quantitative estimate of drug-likeness (QED) is 0.768. The van der Waals surface area contributed by atoms with Crippen molar-refractivity contribution in [2.45, 2.75) is 11.3 Å². The maximum absolute atomic E-state index is 12.1. The Labute approximate surface area is 148 Å². The molecule has 1 amide bonds. The van der Waals surface area contributed by atoms with Crippen molar-refractivity contribution in [3.05, 3.63) is 58.6 Å². The van der Waals surface area contributed by atoms with Gasteiger partial charge in [0.25, 0.3) is 0 Å². The van der Waals surface area contributed by atoms with Crippen LogP contribution in [-0.4, -0.2) is 20.9 Å². The van der Waals surface area contributed by atoms with E-state index in [1.807, 2.05) is 6.07 Å². The minimum atomic E-state index is -3.65. The zero-order chi connectivity index (χ0) is 17.6. The Balaban J connectivity index is 1.88. The molecule has 2 N–H and O–H groups in total. The summed E-state index contributed by atoms with van der Waals surface area (Å²) >= 11 is 3.24. The predicted molar refractivity (Wildman–Crippen MR) is 93.7 cm³/mol. The van der Waals surface area contributed by atoms with E-state index in [0.29, 0.717) is 11.3 Å². The van der Waals surface area contributed by atoms with Gasteiger partial charge in [-0.25, -0.2) is 13.1 Å². The molecule has 0 aliphatic heterocycles. The summed E-state index contributed by atoms with van der Waals surface area (Å²) in [5.74, 6) is -0.344. The number of nitriles is 1. The summed E-state index contributed by atoms with van der Waals surface area (Å²) in [5, 5.41) is 11.4. The third-order valence-electron chi connectivity index (χ3n) is 3.04. The zero-order valence-corrected chi connectivity index (χ0v) is 14.9. The first-order valence-electron chi connectivity index (χ1n) is 6.96. The van der Waals surface area contributed by atoms with Gasteiger partial charge in [0.1, 0.15) is 0 Å². The molecule has 24 heavy (non-hydrogen) atoms. The van der Waals surface area contributed by atoms with Crippen LogP contribution in [0.3, 0.4) is 0 Å². The minimum Gasteiger partial charge on any atom is -0.326 e. The smallest absolute Gasteiger partial charge is 0.240 e. The summed E-state index contributed by atoms with van der Waals surface area (Å²) in [6.07, 6.45) is -0.0213. The van der Waals surface area contributed by atoms with Gasteiger partial charge in [-0.2, -0.15) is 5.26 Å². The highest BCUT2D eigenvalue weighted by molar-refractivity contribution is 9.10. The number of hydrogen-bond donors (Lipinski definition) is 2. The van der Waals surface area contributed by atoms with Crippen molar-refractivity contribution in [1.82, 2.24) is 4.72 Å². The highest BCUT2D eigenvalue weighted by Crippen LogP contribution is 2.14. The van der Waals surface area contributed by atoms with Crippen molar-refractivity contribution in [2.24, 2.45) is 0 Å². The van der Waals surface area contributed by atoms with E-state index in [4.69, 9.17) is 5.26 Å². The number of hydrogen-bond acceptors (Lipinski definition) is 4. The first-order valence-corrected chi connectivity index (χ1v) is 9.23. The van der Waals surface area contributed by atoms with Gasteiger partial charge in [-0.1, -0.05) is 22.0 Å². The summed E-state index contributed by atoms with van der Waals surface area (Å²) in [7, 11) is -3.65. The van der Waals surface area contributed by atoms with Gasteiger partial charge in [0.05, 0.1) is 16.5 Å². The molecular weight excluding hydrogens is 394 g/mol. The van der Waals surface area contributed by atoms with Gasteiger partial charge in [0.2, 0.25) is 15.9 Å². The summed E-state index contributed by atoms with van der Waals surface area (Å²) in [6, 6.07) is 14.7. The van der Waals surface area contributed by atoms with Gasteiger partial charge in [0.15, 0.2) is 0 Å². The molecule has 0 aromatic heterocycles. The molecule has 0 atom stereocenters. The van der Waals surface area contributed by atoms with Crippen LogP contribution in [0.5, 0.6) is 0 Å². The Bertz CT molecular complexity index is 874. The van der Waals surface area contributed by atoms with Crippen molar-refractivity contribution in [3.63, 3.8) is 0 Å².